The maximum atomic E-state index is 12.4. The molecule has 0 aliphatic carbocycles. The highest BCUT2D eigenvalue weighted by Gasteiger charge is 2.31. The van der Waals surface area contributed by atoms with Crippen LogP contribution in [0.5, 0.6) is 5.75 Å². The number of H-pyrrole nitrogens is 1. The summed E-state index contributed by atoms with van der Waals surface area (Å²) in [6.07, 6.45) is 3.49. The van der Waals surface area contributed by atoms with Crippen molar-refractivity contribution in [2.75, 3.05) is 4.90 Å². The number of primary amides is 1. The highest BCUT2D eigenvalue weighted by Crippen LogP contribution is 2.43. The number of hydrogen-bond acceptors (Lipinski definition) is 6. The van der Waals surface area contributed by atoms with E-state index in [9.17, 15) is 9.90 Å². The van der Waals surface area contributed by atoms with Gasteiger partial charge in [-0.3, -0.25) is 9.89 Å². The number of carbonyl (C=O) groups excluding carboxylic acids is 1. The van der Waals surface area contributed by atoms with Crippen LogP contribution in [0.1, 0.15) is 46.9 Å². The van der Waals surface area contributed by atoms with Crippen LogP contribution in [0.25, 0.3) is 28.0 Å². The SMILES string of the molecule is CC(C)c1c(C(N)=O)nn2c(-c3cn[nH]c3)c(-c3cccc(O)c3)c(N3Cc4ccccc4C3)nc12. The monoisotopic (exact) mass is 479 g/mol. The molecule has 5 aromatic rings. The Labute approximate surface area is 207 Å². The van der Waals surface area contributed by atoms with Gasteiger partial charge in [0.1, 0.15) is 11.6 Å². The van der Waals surface area contributed by atoms with Gasteiger partial charge in [0.25, 0.3) is 5.91 Å². The molecule has 1 aliphatic rings. The smallest absolute Gasteiger partial charge is 0.269 e. The topological polar surface area (TPSA) is 125 Å². The van der Waals surface area contributed by atoms with Crippen LogP contribution in [0.15, 0.2) is 60.9 Å². The summed E-state index contributed by atoms with van der Waals surface area (Å²) in [5, 5.41) is 22.1. The zero-order valence-corrected chi connectivity index (χ0v) is 19.9. The zero-order chi connectivity index (χ0) is 25.0. The third-order valence-corrected chi connectivity index (χ3v) is 6.64. The minimum Gasteiger partial charge on any atom is -0.508 e. The molecule has 0 saturated carbocycles. The number of aromatic hydroxyl groups is 1. The van der Waals surface area contributed by atoms with E-state index in [4.69, 9.17) is 10.7 Å². The van der Waals surface area contributed by atoms with E-state index in [1.807, 2.05) is 32.0 Å². The molecular formula is C27H25N7O2. The number of phenolic OH excluding ortho intramolecular Hbond substituents is 1. The van der Waals surface area contributed by atoms with E-state index in [1.165, 1.54) is 11.1 Å². The number of amides is 1. The summed E-state index contributed by atoms with van der Waals surface area (Å²) in [7, 11) is 0. The van der Waals surface area contributed by atoms with Gasteiger partial charge in [-0.2, -0.15) is 10.2 Å². The van der Waals surface area contributed by atoms with Gasteiger partial charge in [0.2, 0.25) is 0 Å². The van der Waals surface area contributed by atoms with Crippen molar-refractivity contribution < 1.29 is 9.90 Å². The number of anilines is 1. The average molecular weight is 480 g/mol. The first kappa shape index (κ1) is 21.8. The van der Waals surface area contributed by atoms with Crippen LogP contribution in [-0.4, -0.2) is 35.8 Å². The molecule has 0 bridgehead atoms. The molecule has 0 spiro atoms. The van der Waals surface area contributed by atoms with Gasteiger partial charge in [-0.05, 0) is 34.7 Å². The molecule has 4 heterocycles. The predicted molar refractivity (Wildman–Crippen MR) is 137 cm³/mol. The highest BCUT2D eigenvalue weighted by molar-refractivity contribution is 5.96. The second kappa shape index (κ2) is 8.23. The van der Waals surface area contributed by atoms with Crippen LogP contribution in [0.2, 0.25) is 0 Å². The minimum absolute atomic E-state index is 0.0371. The third-order valence-electron chi connectivity index (χ3n) is 6.64. The van der Waals surface area contributed by atoms with Crippen LogP contribution < -0.4 is 10.6 Å². The molecule has 4 N–H and O–H groups in total. The number of rotatable bonds is 5. The number of carbonyl (C=O) groups is 1. The summed E-state index contributed by atoms with van der Waals surface area (Å²) in [4.78, 5) is 19.8. The lowest BCUT2D eigenvalue weighted by Crippen LogP contribution is -2.19. The fourth-order valence-corrected chi connectivity index (χ4v) is 5.05. The number of nitrogens with zero attached hydrogens (tertiary/aromatic N) is 5. The van der Waals surface area contributed by atoms with Gasteiger partial charge in [0.15, 0.2) is 11.3 Å². The van der Waals surface area contributed by atoms with Crippen molar-refractivity contribution >= 4 is 17.4 Å². The molecular weight excluding hydrogens is 454 g/mol. The molecule has 0 radical (unpaired) electrons. The van der Waals surface area contributed by atoms with Crippen molar-refractivity contribution in [1.82, 2.24) is 24.8 Å². The van der Waals surface area contributed by atoms with Gasteiger partial charge in [0.05, 0.1) is 17.5 Å². The molecule has 36 heavy (non-hydrogen) atoms. The maximum absolute atomic E-state index is 12.4. The highest BCUT2D eigenvalue weighted by atomic mass is 16.3. The Morgan fingerprint density at radius 1 is 1.08 bits per heavy atom. The van der Waals surface area contributed by atoms with Crippen molar-refractivity contribution in [2.24, 2.45) is 5.73 Å². The van der Waals surface area contributed by atoms with E-state index in [2.05, 4.69) is 32.3 Å². The second-order valence-electron chi connectivity index (χ2n) is 9.34. The quantitative estimate of drug-likeness (QED) is 0.346. The van der Waals surface area contributed by atoms with Crippen LogP contribution in [-0.2, 0) is 13.1 Å². The minimum atomic E-state index is -0.601. The first-order valence-electron chi connectivity index (χ1n) is 11.8. The molecule has 3 aromatic heterocycles. The van der Waals surface area contributed by atoms with Gasteiger partial charge in [-0.15, -0.1) is 0 Å². The Hall–Kier alpha value is -4.66. The number of benzene rings is 2. The molecule has 6 rings (SSSR count). The average Bonchev–Trinajstić information content (AvgIpc) is 3.60. The summed E-state index contributed by atoms with van der Waals surface area (Å²) in [5.41, 5.74) is 12.7. The maximum Gasteiger partial charge on any atom is 0.269 e. The Bertz CT molecular complexity index is 1590. The number of fused-ring (bicyclic) bond motifs is 2. The number of phenols is 1. The lowest BCUT2D eigenvalue weighted by Gasteiger charge is -2.23. The summed E-state index contributed by atoms with van der Waals surface area (Å²) >= 11 is 0. The molecule has 180 valence electrons. The molecule has 1 amide bonds. The molecule has 2 aromatic carbocycles. The lowest BCUT2D eigenvalue weighted by molar-refractivity contribution is 0.0994. The van der Waals surface area contributed by atoms with Crippen molar-refractivity contribution in [3.63, 3.8) is 0 Å². The van der Waals surface area contributed by atoms with Crippen LogP contribution in [0.4, 0.5) is 5.82 Å². The fraction of sp³-hybridized carbons (Fsp3) is 0.185. The Kier molecular flexibility index (Phi) is 4.99. The van der Waals surface area contributed by atoms with Gasteiger partial charge >= 0.3 is 0 Å². The summed E-state index contributed by atoms with van der Waals surface area (Å²) < 4.78 is 1.69. The second-order valence-corrected chi connectivity index (χ2v) is 9.34. The number of nitrogens with one attached hydrogen (secondary N) is 1. The largest absolute Gasteiger partial charge is 0.508 e. The van der Waals surface area contributed by atoms with E-state index in [0.717, 1.165) is 22.5 Å². The van der Waals surface area contributed by atoms with E-state index in [-0.39, 0.29) is 17.4 Å². The molecule has 9 heteroatoms. The molecule has 0 fully saturated rings. The molecule has 9 nitrogen and oxygen atoms in total. The molecule has 0 unspecified atom stereocenters. The van der Waals surface area contributed by atoms with Crippen LogP contribution in [0.3, 0.4) is 0 Å². The van der Waals surface area contributed by atoms with Crippen molar-refractivity contribution in [2.45, 2.75) is 32.9 Å². The Balaban J connectivity index is 1.74. The van der Waals surface area contributed by atoms with E-state index < -0.39 is 5.91 Å². The number of aromatic amines is 1. The van der Waals surface area contributed by atoms with Crippen molar-refractivity contribution in [3.8, 4) is 28.1 Å². The van der Waals surface area contributed by atoms with E-state index in [0.29, 0.717) is 30.0 Å². The number of hydrogen-bond donors (Lipinski definition) is 3. The van der Waals surface area contributed by atoms with Gasteiger partial charge in [-0.1, -0.05) is 50.2 Å². The van der Waals surface area contributed by atoms with Gasteiger partial charge in [-0.25, -0.2) is 9.50 Å². The van der Waals surface area contributed by atoms with Crippen molar-refractivity contribution in [1.29, 1.82) is 0 Å². The third kappa shape index (κ3) is 3.39. The Morgan fingerprint density at radius 2 is 1.83 bits per heavy atom. The fourth-order valence-electron chi connectivity index (χ4n) is 5.05. The lowest BCUT2D eigenvalue weighted by atomic mass is 9.99. The van der Waals surface area contributed by atoms with Crippen LogP contribution >= 0.6 is 0 Å². The number of nitrogens with two attached hydrogens (primary N) is 1. The summed E-state index contributed by atoms with van der Waals surface area (Å²) in [5.74, 6) is 0.238. The van der Waals surface area contributed by atoms with Crippen LogP contribution in [0, 0.1) is 0 Å². The number of aromatic nitrogens is 5. The van der Waals surface area contributed by atoms with Gasteiger partial charge < -0.3 is 15.7 Å². The predicted octanol–water partition coefficient (Wildman–Crippen LogP) is 4.23. The molecule has 1 aliphatic heterocycles. The standard InChI is InChI=1S/C27H25N7O2/c1-15(2)21-23(25(28)36)32-34-24(19-11-29-30-12-19)22(16-8-5-9-20(35)10-16)26(31-27(21)34)33-13-17-6-3-4-7-18(17)14-33/h3-12,15,35H,13-14H2,1-2H3,(H2,28,36)(H,29,30). The van der Waals surface area contributed by atoms with Gasteiger partial charge in [0, 0.05) is 30.4 Å². The summed E-state index contributed by atoms with van der Waals surface area (Å²) in [6.45, 7) is 5.36. The Morgan fingerprint density at radius 3 is 2.44 bits per heavy atom. The normalized spacial score (nSPS) is 13.0. The van der Waals surface area contributed by atoms with E-state index >= 15 is 0 Å². The molecule has 0 saturated heterocycles. The zero-order valence-electron chi connectivity index (χ0n) is 19.9. The summed E-state index contributed by atoms with van der Waals surface area (Å²) in [6, 6.07) is 15.4. The first-order valence-corrected chi connectivity index (χ1v) is 11.8. The first-order chi connectivity index (χ1) is 17.4. The molecule has 0 atom stereocenters. The van der Waals surface area contributed by atoms with E-state index in [1.54, 1.807) is 35.1 Å². The van der Waals surface area contributed by atoms with Crippen molar-refractivity contribution in [3.05, 3.63) is 83.3 Å².